The molecule has 0 fully saturated rings. The van der Waals surface area contributed by atoms with Crippen molar-refractivity contribution < 1.29 is 4.74 Å². The fraction of sp³-hybridized carbons (Fsp3) is 0.0435. The summed E-state index contributed by atoms with van der Waals surface area (Å²) in [5, 5.41) is 10.7. The first-order chi connectivity index (χ1) is 14.1. The summed E-state index contributed by atoms with van der Waals surface area (Å²) in [7, 11) is 0. The summed E-state index contributed by atoms with van der Waals surface area (Å²) >= 11 is 12.4. The molecule has 0 aliphatic heterocycles. The molecule has 4 aromatic rings. The zero-order chi connectivity index (χ0) is 20.2. The molecule has 0 aliphatic carbocycles. The maximum atomic E-state index is 9.61. The van der Waals surface area contributed by atoms with E-state index in [1.54, 1.807) is 24.3 Å². The minimum Gasteiger partial charge on any atom is -0.489 e. The van der Waals surface area contributed by atoms with Gasteiger partial charge in [-0.2, -0.15) is 5.26 Å². The standard InChI is InChI=1S/C23H15Cl2N3O/c24-19-7-4-8-20(25)18(19)14-29-17-6-3-5-15(12-17)11-16(13-26)23-27-21-9-1-2-10-22(21)28-23/h1-12H,14H2,(H,27,28)/b16-11-. The van der Waals surface area contributed by atoms with Crippen LogP contribution in [0.2, 0.25) is 10.0 Å². The van der Waals surface area contributed by atoms with Crippen LogP contribution in [-0.2, 0) is 6.61 Å². The van der Waals surface area contributed by atoms with E-state index in [2.05, 4.69) is 16.0 Å². The van der Waals surface area contributed by atoms with E-state index >= 15 is 0 Å². The van der Waals surface area contributed by atoms with Gasteiger partial charge in [-0.05, 0) is 48.0 Å². The maximum Gasteiger partial charge on any atom is 0.149 e. The van der Waals surface area contributed by atoms with Gasteiger partial charge in [-0.25, -0.2) is 4.98 Å². The number of H-pyrrole nitrogens is 1. The number of aromatic amines is 1. The Kier molecular flexibility index (Phi) is 5.53. The Bertz CT molecular complexity index is 1200. The number of hydrogen-bond acceptors (Lipinski definition) is 3. The van der Waals surface area contributed by atoms with Crippen molar-refractivity contribution in [2.75, 3.05) is 0 Å². The van der Waals surface area contributed by atoms with Crippen molar-refractivity contribution >= 4 is 45.9 Å². The van der Waals surface area contributed by atoms with Crippen LogP contribution >= 0.6 is 23.2 Å². The van der Waals surface area contributed by atoms with Gasteiger partial charge in [-0.1, -0.05) is 53.5 Å². The molecule has 0 saturated carbocycles. The number of fused-ring (bicyclic) bond motifs is 1. The number of halogens is 2. The Labute approximate surface area is 178 Å². The summed E-state index contributed by atoms with van der Waals surface area (Å²) in [6.07, 6.45) is 1.77. The van der Waals surface area contributed by atoms with Crippen molar-refractivity contribution in [2.45, 2.75) is 6.61 Å². The van der Waals surface area contributed by atoms with Gasteiger partial charge in [0.1, 0.15) is 24.3 Å². The van der Waals surface area contributed by atoms with E-state index in [0.717, 1.165) is 22.2 Å². The van der Waals surface area contributed by atoms with Crippen LogP contribution in [-0.4, -0.2) is 9.97 Å². The summed E-state index contributed by atoms with van der Waals surface area (Å²) in [6, 6.07) is 22.7. The zero-order valence-corrected chi connectivity index (χ0v) is 16.7. The van der Waals surface area contributed by atoms with Crippen LogP contribution in [0.5, 0.6) is 5.75 Å². The lowest BCUT2D eigenvalue weighted by Gasteiger charge is -2.10. The number of para-hydroxylation sites is 2. The number of ether oxygens (including phenoxy) is 1. The number of allylic oxidation sites excluding steroid dienone is 1. The number of benzene rings is 3. The molecule has 3 aromatic carbocycles. The molecule has 0 radical (unpaired) electrons. The molecule has 0 bridgehead atoms. The Morgan fingerprint density at radius 2 is 1.79 bits per heavy atom. The molecule has 29 heavy (non-hydrogen) atoms. The van der Waals surface area contributed by atoms with Crippen LogP contribution in [0.4, 0.5) is 0 Å². The lowest BCUT2D eigenvalue weighted by Crippen LogP contribution is -1.97. The van der Waals surface area contributed by atoms with Crippen LogP contribution < -0.4 is 4.74 Å². The monoisotopic (exact) mass is 419 g/mol. The molecule has 1 aromatic heterocycles. The predicted molar refractivity (Wildman–Crippen MR) is 117 cm³/mol. The minimum atomic E-state index is 0.250. The third kappa shape index (κ3) is 4.27. The van der Waals surface area contributed by atoms with Gasteiger partial charge in [-0.15, -0.1) is 0 Å². The van der Waals surface area contributed by atoms with Gasteiger partial charge in [0.2, 0.25) is 0 Å². The van der Waals surface area contributed by atoms with Crippen LogP contribution in [0.15, 0.2) is 66.7 Å². The molecule has 0 saturated heterocycles. The third-order valence-electron chi connectivity index (χ3n) is 4.38. The zero-order valence-electron chi connectivity index (χ0n) is 15.2. The summed E-state index contributed by atoms with van der Waals surface area (Å²) in [5.41, 5.74) is 3.70. The first kappa shape index (κ1) is 19.1. The largest absolute Gasteiger partial charge is 0.489 e. The van der Waals surface area contributed by atoms with Crippen LogP contribution in [0.3, 0.4) is 0 Å². The molecule has 1 heterocycles. The molecule has 0 spiro atoms. The lowest BCUT2D eigenvalue weighted by molar-refractivity contribution is 0.306. The van der Waals surface area contributed by atoms with Crippen molar-refractivity contribution in [2.24, 2.45) is 0 Å². The van der Waals surface area contributed by atoms with Crippen molar-refractivity contribution in [1.29, 1.82) is 5.26 Å². The molecule has 0 aliphatic rings. The van der Waals surface area contributed by atoms with Gasteiger partial charge in [0.05, 0.1) is 16.6 Å². The van der Waals surface area contributed by atoms with Gasteiger partial charge in [0.15, 0.2) is 0 Å². The van der Waals surface area contributed by atoms with Gasteiger partial charge in [-0.3, -0.25) is 0 Å². The lowest BCUT2D eigenvalue weighted by atomic mass is 10.1. The molecule has 1 N–H and O–H groups in total. The van der Waals surface area contributed by atoms with Gasteiger partial charge in [0.25, 0.3) is 0 Å². The molecule has 0 atom stereocenters. The van der Waals surface area contributed by atoms with E-state index < -0.39 is 0 Å². The molecule has 6 heteroatoms. The minimum absolute atomic E-state index is 0.250. The van der Waals surface area contributed by atoms with Crippen LogP contribution in [0.25, 0.3) is 22.7 Å². The quantitative estimate of drug-likeness (QED) is 0.374. The number of rotatable bonds is 5. The van der Waals surface area contributed by atoms with Crippen molar-refractivity contribution in [3.63, 3.8) is 0 Å². The molecular formula is C23H15Cl2N3O. The van der Waals surface area contributed by atoms with Crippen molar-refractivity contribution in [1.82, 2.24) is 9.97 Å². The highest BCUT2D eigenvalue weighted by Crippen LogP contribution is 2.27. The Balaban J connectivity index is 1.58. The van der Waals surface area contributed by atoms with E-state index in [4.69, 9.17) is 27.9 Å². The smallest absolute Gasteiger partial charge is 0.149 e. The average Bonchev–Trinajstić information content (AvgIpc) is 3.16. The van der Waals surface area contributed by atoms with Gasteiger partial charge >= 0.3 is 0 Å². The first-order valence-corrected chi connectivity index (χ1v) is 9.62. The number of imidazole rings is 1. The topological polar surface area (TPSA) is 61.7 Å². The molecule has 0 amide bonds. The Morgan fingerprint density at radius 1 is 1.03 bits per heavy atom. The molecule has 4 nitrogen and oxygen atoms in total. The van der Waals surface area contributed by atoms with Crippen LogP contribution in [0, 0.1) is 11.3 Å². The van der Waals surface area contributed by atoms with E-state index in [-0.39, 0.29) is 6.61 Å². The van der Waals surface area contributed by atoms with Crippen LogP contribution in [0.1, 0.15) is 17.0 Å². The Hall–Kier alpha value is -3.26. The number of nitrogens with one attached hydrogen (secondary N) is 1. The fourth-order valence-electron chi connectivity index (χ4n) is 2.92. The van der Waals surface area contributed by atoms with Crippen molar-refractivity contribution in [3.05, 3.63) is 93.7 Å². The maximum absolute atomic E-state index is 9.61. The summed E-state index contributed by atoms with van der Waals surface area (Å²) in [5.74, 6) is 1.18. The molecule has 4 rings (SSSR count). The summed E-state index contributed by atoms with van der Waals surface area (Å²) in [4.78, 5) is 7.67. The average molecular weight is 420 g/mol. The SMILES string of the molecule is N#C/C(=C/c1cccc(OCc2c(Cl)cccc2Cl)c1)c1nc2ccccc2[nH]1. The van der Waals surface area contributed by atoms with Gasteiger partial charge < -0.3 is 9.72 Å². The fourth-order valence-corrected chi connectivity index (χ4v) is 3.43. The van der Waals surface area contributed by atoms with E-state index in [0.29, 0.717) is 27.2 Å². The third-order valence-corrected chi connectivity index (χ3v) is 5.09. The molecule has 142 valence electrons. The predicted octanol–water partition coefficient (Wildman–Crippen LogP) is 6.51. The van der Waals surface area contributed by atoms with E-state index in [1.807, 2.05) is 48.5 Å². The molecular weight excluding hydrogens is 405 g/mol. The first-order valence-electron chi connectivity index (χ1n) is 8.87. The number of aromatic nitrogens is 2. The van der Waals surface area contributed by atoms with E-state index in [1.165, 1.54) is 0 Å². The van der Waals surface area contributed by atoms with E-state index in [9.17, 15) is 5.26 Å². The summed E-state index contributed by atoms with van der Waals surface area (Å²) < 4.78 is 5.86. The second-order valence-corrected chi connectivity index (χ2v) is 7.15. The highest BCUT2D eigenvalue weighted by atomic mass is 35.5. The highest BCUT2D eigenvalue weighted by Gasteiger charge is 2.09. The number of nitrogens with zero attached hydrogens (tertiary/aromatic N) is 2. The van der Waals surface area contributed by atoms with Gasteiger partial charge in [0, 0.05) is 15.6 Å². The second-order valence-electron chi connectivity index (χ2n) is 6.33. The van der Waals surface area contributed by atoms with Crippen molar-refractivity contribution in [3.8, 4) is 11.8 Å². The number of hydrogen-bond donors (Lipinski definition) is 1. The number of nitriles is 1. The molecule has 0 unspecified atom stereocenters. The Morgan fingerprint density at radius 3 is 2.55 bits per heavy atom. The second kappa shape index (κ2) is 8.40. The normalized spacial score (nSPS) is 11.4. The summed E-state index contributed by atoms with van der Waals surface area (Å²) in [6.45, 7) is 0.250. The highest BCUT2D eigenvalue weighted by molar-refractivity contribution is 6.35.